The first kappa shape index (κ1) is 19.9. The number of nitrogens with one attached hydrogen (secondary N) is 2. The van der Waals surface area contributed by atoms with E-state index >= 15 is 0 Å². The van der Waals surface area contributed by atoms with E-state index in [2.05, 4.69) is 10.6 Å². The Morgan fingerprint density at radius 1 is 0.821 bits per heavy atom. The molecule has 0 atom stereocenters. The van der Waals surface area contributed by atoms with Crippen LogP contribution in [0.2, 0.25) is 10.0 Å². The summed E-state index contributed by atoms with van der Waals surface area (Å²) < 4.78 is 0. The molecule has 2 N–H and O–H groups in total. The highest BCUT2D eigenvalue weighted by Crippen LogP contribution is 2.29. The molecule has 2 amide bonds. The fraction of sp³-hybridized carbons (Fsp3) is 0.0909. The van der Waals surface area contributed by atoms with Crippen LogP contribution in [-0.4, -0.2) is 18.9 Å². The van der Waals surface area contributed by atoms with Crippen LogP contribution in [0.1, 0.15) is 26.3 Å². The minimum Gasteiger partial charge on any atom is -0.355 e. The van der Waals surface area contributed by atoms with Crippen LogP contribution in [-0.2, 0) is 0 Å². The Balaban J connectivity index is 2.02. The van der Waals surface area contributed by atoms with Gasteiger partial charge in [-0.3, -0.25) is 9.59 Å². The smallest absolute Gasteiger partial charge is 0.256 e. The lowest BCUT2D eigenvalue weighted by Gasteiger charge is -2.15. The maximum absolute atomic E-state index is 13.1. The molecule has 3 aromatic carbocycles. The highest BCUT2D eigenvalue weighted by atomic mass is 35.5. The van der Waals surface area contributed by atoms with Gasteiger partial charge in [-0.2, -0.15) is 0 Å². The number of carbonyl (C=O) groups excluding carboxylic acids is 2. The summed E-state index contributed by atoms with van der Waals surface area (Å²) in [5.41, 5.74) is 3.56. The third-order valence-electron chi connectivity index (χ3n) is 4.34. The number of halogens is 2. The molecule has 3 aromatic rings. The lowest BCUT2D eigenvalue weighted by molar-refractivity contribution is 0.0964. The van der Waals surface area contributed by atoms with Gasteiger partial charge in [0.25, 0.3) is 11.8 Å². The van der Waals surface area contributed by atoms with E-state index in [1.54, 1.807) is 37.3 Å². The predicted octanol–water partition coefficient (Wildman–Crippen LogP) is 5.58. The molecule has 0 aromatic heterocycles. The maximum Gasteiger partial charge on any atom is 0.256 e. The van der Waals surface area contributed by atoms with Crippen LogP contribution >= 0.6 is 23.2 Å². The Morgan fingerprint density at radius 2 is 1.50 bits per heavy atom. The molecule has 0 fully saturated rings. The topological polar surface area (TPSA) is 58.2 Å². The summed E-state index contributed by atoms with van der Waals surface area (Å²) in [4.78, 5) is 25.3. The quantitative estimate of drug-likeness (QED) is 0.587. The van der Waals surface area contributed by atoms with E-state index in [0.717, 1.165) is 11.1 Å². The first-order valence-corrected chi connectivity index (χ1v) is 9.35. The number of rotatable bonds is 4. The Hall–Kier alpha value is -2.82. The molecule has 28 heavy (non-hydrogen) atoms. The van der Waals surface area contributed by atoms with Gasteiger partial charge in [-0.25, -0.2) is 0 Å². The van der Waals surface area contributed by atoms with Crippen LogP contribution in [0.25, 0.3) is 11.1 Å². The molecule has 0 aliphatic rings. The lowest BCUT2D eigenvalue weighted by Crippen LogP contribution is -2.22. The summed E-state index contributed by atoms with van der Waals surface area (Å²) in [6.45, 7) is 1.79. The standard InChI is InChI=1S/C22H18Cl2N2O2/c1-13-11-16(24)12-19(21(27)25-2)20(13)26-22(28)18-6-4-3-5-17(18)14-7-9-15(23)10-8-14/h3-12H,1-2H3,(H,25,27)(H,26,28). The zero-order valence-corrected chi connectivity index (χ0v) is 16.9. The molecular formula is C22H18Cl2N2O2. The van der Waals surface area contributed by atoms with Crippen LogP contribution in [0, 0.1) is 6.92 Å². The largest absolute Gasteiger partial charge is 0.355 e. The molecule has 0 heterocycles. The molecular weight excluding hydrogens is 395 g/mol. The number of carbonyl (C=O) groups is 2. The fourth-order valence-electron chi connectivity index (χ4n) is 2.97. The lowest BCUT2D eigenvalue weighted by atomic mass is 9.98. The number of hydrogen-bond acceptors (Lipinski definition) is 2. The zero-order chi connectivity index (χ0) is 20.3. The number of amides is 2. The first-order chi connectivity index (χ1) is 13.4. The summed E-state index contributed by atoms with van der Waals surface area (Å²) in [6.07, 6.45) is 0. The van der Waals surface area contributed by atoms with E-state index < -0.39 is 0 Å². The van der Waals surface area contributed by atoms with Gasteiger partial charge in [0.15, 0.2) is 0 Å². The molecule has 3 rings (SSSR count). The van der Waals surface area contributed by atoms with Crippen molar-refractivity contribution < 1.29 is 9.59 Å². The zero-order valence-electron chi connectivity index (χ0n) is 15.3. The van der Waals surface area contributed by atoms with Gasteiger partial charge < -0.3 is 10.6 Å². The summed E-state index contributed by atoms with van der Waals surface area (Å²) in [6, 6.07) is 17.8. The Kier molecular flexibility index (Phi) is 6.02. The highest BCUT2D eigenvalue weighted by molar-refractivity contribution is 6.31. The van der Waals surface area contributed by atoms with Crippen molar-refractivity contribution in [1.82, 2.24) is 5.32 Å². The minimum atomic E-state index is -0.327. The van der Waals surface area contributed by atoms with E-state index in [1.807, 2.05) is 24.3 Å². The summed E-state index contributed by atoms with van der Waals surface area (Å²) in [7, 11) is 1.53. The molecule has 0 aliphatic heterocycles. The van der Waals surface area contributed by atoms with Gasteiger partial charge in [0.05, 0.1) is 11.3 Å². The molecule has 4 nitrogen and oxygen atoms in total. The third kappa shape index (κ3) is 4.19. The summed E-state index contributed by atoms with van der Waals surface area (Å²) >= 11 is 12.1. The predicted molar refractivity (Wildman–Crippen MR) is 114 cm³/mol. The second kappa shape index (κ2) is 8.46. The fourth-order valence-corrected chi connectivity index (χ4v) is 3.36. The number of anilines is 1. The monoisotopic (exact) mass is 412 g/mol. The van der Waals surface area contributed by atoms with Crippen molar-refractivity contribution in [3.8, 4) is 11.1 Å². The van der Waals surface area contributed by atoms with Gasteiger partial charge in [0.1, 0.15) is 0 Å². The second-order valence-electron chi connectivity index (χ2n) is 6.23. The Morgan fingerprint density at radius 3 is 2.18 bits per heavy atom. The SMILES string of the molecule is CNC(=O)c1cc(Cl)cc(C)c1NC(=O)c1ccccc1-c1ccc(Cl)cc1. The van der Waals surface area contributed by atoms with Crippen molar-refractivity contribution in [2.45, 2.75) is 6.92 Å². The number of hydrogen-bond donors (Lipinski definition) is 2. The van der Waals surface area contributed by atoms with Gasteiger partial charge in [0, 0.05) is 22.7 Å². The van der Waals surface area contributed by atoms with Gasteiger partial charge in [-0.15, -0.1) is 0 Å². The molecule has 0 aliphatic carbocycles. The van der Waals surface area contributed by atoms with Crippen LogP contribution < -0.4 is 10.6 Å². The second-order valence-corrected chi connectivity index (χ2v) is 7.10. The Bertz CT molecular complexity index is 1050. The first-order valence-electron chi connectivity index (χ1n) is 8.59. The molecule has 0 radical (unpaired) electrons. The third-order valence-corrected chi connectivity index (χ3v) is 4.81. The molecule has 0 spiro atoms. The van der Waals surface area contributed by atoms with Gasteiger partial charge in [-0.05, 0) is 53.9 Å². The van der Waals surface area contributed by atoms with Gasteiger partial charge in [-0.1, -0.05) is 53.5 Å². The van der Waals surface area contributed by atoms with Crippen molar-refractivity contribution in [1.29, 1.82) is 0 Å². The normalized spacial score (nSPS) is 10.4. The average molecular weight is 413 g/mol. The Labute approximate surface area is 173 Å². The highest BCUT2D eigenvalue weighted by Gasteiger charge is 2.19. The van der Waals surface area contributed by atoms with Crippen molar-refractivity contribution >= 4 is 40.7 Å². The molecule has 0 bridgehead atoms. The summed E-state index contributed by atoms with van der Waals surface area (Å²) in [5, 5.41) is 6.49. The van der Waals surface area contributed by atoms with Crippen LogP contribution in [0.3, 0.4) is 0 Å². The van der Waals surface area contributed by atoms with Gasteiger partial charge in [0.2, 0.25) is 0 Å². The molecule has 6 heteroatoms. The molecule has 0 unspecified atom stereocenters. The van der Waals surface area contributed by atoms with Crippen LogP contribution in [0.5, 0.6) is 0 Å². The van der Waals surface area contributed by atoms with Crippen molar-refractivity contribution in [2.75, 3.05) is 12.4 Å². The van der Waals surface area contributed by atoms with Crippen LogP contribution in [0.15, 0.2) is 60.7 Å². The maximum atomic E-state index is 13.1. The van der Waals surface area contributed by atoms with E-state index in [-0.39, 0.29) is 11.8 Å². The number of aryl methyl sites for hydroxylation is 1. The summed E-state index contributed by atoms with van der Waals surface area (Å²) in [5.74, 6) is -0.645. The van der Waals surface area contributed by atoms with E-state index in [9.17, 15) is 9.59 Å². The van der Waals surface area contributed by atoms with Crippen molar-refractivity contribution in [3.63, 3.8) is 0 Å². The minimum absolute atomic E-state index is 0.310. The van der Waals surface area contributed by atoms with E-state index in [1.165, 1.54) is 13.1 Å². The van der Waals surface area contributed by atoms with Crippen molar-refractivity contribution in [2.24, 2.45) is 0 Å². The van der Waals surface area contributed by atoms with Gasteiger partial charge >= 0.3 is 0 Å². The molecule has 142 valence electrons. The number of benzene rings is 3. The molecule has 0 saturated carbocycles. The van der Waals surface area contributed by atoms with Crippen molar-refractivity contribution in [3.05, 3.63) is 87.4 Å². The van der Waals surface area contributed by atoms with Crippen LogP contribution in [0.4, 0.5) is 5.69 Å². The van der Waals surface area contributed by atoms with E-state index in [0.29, 0.717) is 32.4 Å². The van der Waals surface area contributed by atoms with E-state index in [4.69, 9.17) is 23.2 Å². The average Bonchev–Trinajstić information content (AvgIpc) is 2.69. The molecule has 0 saturated heterocycles.